The van der Waals surface area contributed by atoms with Crippen molar-refractivity contribution in [2.75, 3.05) is 18.5 Å². The fourth-order valence-corrected chi connectivity index (χ4v) is 9.54. The summed E-state index contributed by atoms with van der Waals surface area (Å²) in [6.07, 6.45) is 1.98. The van der Waals surface area contributed by atoms with Gasteiger partial charge in [0, 0.05) is 29.6 Å². The number of likely N-dealkylation sites (tertiary alicyclic amines) is 1. The molecule has 3 fully saturated rings. The first kappa shape index (κ1) is 27.0. The van der Waals surface area contributed by atoms with Crippen molar-refractivity contribution >= 4 is 35.2 Å². The number of thioether (sulfide) groups is 1. The average Bonchev–Trinajstić information content (AvgIpc) is 3.34. The van der Waals surface area contributed by atoms with Crippen molar-refractivity contribution in [2.45, 2.75) is 82.4 Å². The number of carbonyl (C=O) groups is 3. The van der Waals surface area contributed by atoms with E-state index in [4.69, 9.17) is 0 Å². The average molecular weight is 516 g/mol. The van der Waals surface area contributed by atoms with E-state index in [0.717, 1.165) is 12.8 Å². The SMILES string of the molecule is CC1C[C@H]2SC13C(C(=O)NC(C)(C)CC(C)(C)C)N(CCCO)C(=O)[C@@H]3[C@H]2C(=O)Nc1ccccc1. The molecule has 3 unspecified atom stereocenters. The topological polar surface area (TPSA) is 98.7 Å². The van der Waals surface area contributed by atoms with E-state index in [2.05, 4.69) is 38.3 Å². The third kappa shape index (κ3) is 4.78. The highest BCUT2D eigenvalue weighted by molar-refractivity contribution is 8.02. The molecule has 3 N–H and O–H groups in total. The molecule has 6 atom stereocenters. The molecule has 2 bridgehead atoms. The molecule has 0 aliphatic carbocycles. The fraction of sp³-hybridized carbons (Fsp3) is 0.679. The van der Waals surface area contributed by atoms with Crippen LogP contribution in [-0.4, -0.2) is 62.5 Å². The van der Waals surface area contributed by atoms with Gasteiger partial charge in [0.1, 0.15) is 6.04 Å². The van der Waals surface area contributed by atoms with Crippen molar-refractivity contribution in [1.29, 1.82) is 0 Å². The monoisotopic (exact) mass is 515 g/mol. The Morgan fingerprint density at radius 1 is 1.14 bits per heavy atom. The first-order valence-corrected chi connectivity index (χ1v) is 14.0. The number of hydrogen-bond donors (Lipinski definition) is 3. The van der Waals surface area contributed by atoms with E-state index in [1.807, 2.05) is 44.2 Å². The summed E-state index contributed by atoms with van der Waals surface area (Å²) in [7, 11) is 0. The maximum atomic E-state index is 14.0. The Morgan fingerprint density at radius 3 is 2.42 bits per heavy atom. The molecule has 0 saturated carbocycles. The van der Waals surface area contributed by atoms with Gasteiger partial charge in [0.05, 0.1) is 16.6 Å². The number of para-hydroxylation sites is 1. The molecular weight excluding hydrogens is 474 g/mol. The van der Waals surface area contributed by atoms with Crippen LogP contribution in [0.5, 0.6) is 0 Å². The third-order valence-electron chi connectivity index (χ3n) is 7.83. The number of nitrogens with one attached hydrogen (secondary N) is 2. The number of nitrogens with zero attached hydrogens (tertiary/aromatic N) is 1. The molecule has 4 rings (SSSR count). The van der Waals surface area contributed by atoms with Crippen LogP contribution in [0, 0.1) is 23.2 Å². The summed E-state index contributed by atoms with van der Waals surface area (Å²) < 4.78 is -0.655. The van der Waals surface area contributed by atoms with Gasteiger partial charge in [0.25, 0.3) is 0 Å². The highest BCUT2D eigenvalue weighted by atomic mass is 32.2. The summed E-state index contributed by atoms with van der Waals surface area (Å²) in [4.78, 5) is 43.2. The Bertz CT molecular complexity index is 1010. The lowest BCUT2D eigenvalue weighted by atomic mass is 9.65. The molecule has 3 amide bonds. The van der Waals surface area contributed by atoms with E-state index in [-0.39, 0.29) is 40.9 Å². The number of amides is 3. The second-order valence-electron chi connectivity index (χ2n) is 12.6. The summed E-state index contributed by atoms with van der Waals surface area (Å²) in [6.45, 7) is 12.9. The van der Waals surface area contributed by atoms with Crippen molar-refractivity contribution in [3.63, 3.8) is 0 Å². The first-order chi connectivity index (χ1) is 16.8. The van der Waals surface area contributed by atoms with E-state index < -0.39 is 28.2 Å². The van der Waals surface area contributed by atoms with Gasteiger partial charge in [-0.15, -0.1) is 11.8 Å². The van der Waals surface area contributed by atoms with Crippen LogP contribution >= 0.6 is 11.8 Å². The lowest BCUT2D eigenvalue weighted by Gasteiger charge is -2.41. The standard InChI is InChI=1S/C28H41N3O4S/c1-17-15-19-20(23(33)29-18-11-8-7-9-12-18)21-25(35)31(13-10-14-32)22(28(17,21)36-19)24(34)30-27(5,6)16-26(2,3)4/h7-9,11-12,17,19-22,32H,10,13-16H2,1-6H3,(H,29,33)(H,30,34)/t17?,19-,20+,21+,22?,28?/m1/s1. The van der Waals surface area contributed by atoms with E-state index in [0.29, 0.717) is 18.7 Å². The maximum absolute atomic E-state index is 14.0. The molecular formula is C28H41N3O4S. The van der Waals surface area contributed by atoms with Gasteiger partial charge in [-0.1, -0.05) is 45.9 Å². The highest BCUT2D eigenvalue weighted by Crippen LogP contribution is 2.68. The predicted molar refractivity (Wildman–Crippen MR) is 143 cm³/mol. The minimum Gasteiger partial charge on any atom is -0.396 e. The molecule has 3 heterocycles. The van der Waals surface area contributed by atoms with Gasteiger partial charge in [-0.2, -0.15) is 0 Å². The molecule has 0 aromatic heterocycles. The Balaban J connectivity index is 1.67. The van der Waals surface area contributed by atoms with Crippen LogP contribution in [-0.2, 0) is 14.4 Å². The van der Waals surface area contributed by atoms with Crippen molar-refractivity contribution in [3.05, 3.63) is 30.3 Å². The number of fused-ring (bicyclic) bond motifs is 1. The smallest absolute Gasteiger partial charge is 0.244 e. The number of aliphatic hydroxyl groups excluding tert-OH is 1. The summed E-state index contributed by atoms with van der Waals surface area (Å²) in [5, 5.41) is 15.8. The first-order valence-electron chi connectivity index (χ1n) is 13.1. The Kier molecular flexibility index (Phi) is 7.25. The van der Waals surface area contributed by atoms with Crippen molar-refractivity contribution in [1.82, 2.24) is 10.2 Å². The summed E-state index contributed by atoms with van der Waals surface area (Å²) >= 11 is 1.67. The zero-order valence-electron chi connectivity index (χ0n) is 22.3. The van der Waals surface area contributed by atoms with Crippen LogP contribution in [0.3, 0.4) is 0 Å². The number of hydrogen-bond acceptors (Lipinski definition) is 5. The quantitative estimate of drug-likeness (QED) is 0.491. The van der Waals surface area contributed by atoms with Crippen LogP contribution in [0.2, 0.25) is 0 Å². The van der Waals surface area contributed by atoms with Crippen LogP contribution in [0.25, 0.3) is 0 Å². The molecule has 3 aliphatic rings. The van der Waals surface area contributed by atoms with Crippen LogP contribution in [0.1, 0.15) is 60.8 Å². The van der Waals surface area contributed by atoms with Gasteiger partial charge in [-0.25, -0.2) is 0 Å². The minimum atomic E-state index is -0.666. The fourth-order valence-electron chi connectivity index (χ4n) is 7.12. The molecule has 8 heteroatoms. The summed E-state index contributed by atoms with van der Waals surface area (Å²) in [6, 6.07) is 8.64. The summed E-state index contributed by atoms with van der Waals surface area (Å²) in [5.74, 6) is -1.37. The zero-order valence-corrected chi connectivity index (χ0v) is 23.2. The molecule has 1 aromatic carbocycles. The van der Waals surface area contributed by atoms with Crippen LogP contribution < -0.4 is 10.6 Å². The molecule has 3 aliphatic heterocycles. The maximum Gasteiger partial charge on any atom is 0.244 e. The lowest BCUT2D eigenvalue weighted by molar-refractivity contribution is -0.139. The molecule has 3 saturated heterocycles. The third-order valence-corrected chi connectivity index (χ3v) is 9.91. The van der Waals surface area contributed by atoms with E-state index >= 15 is 0 Å². The van der Waals surface area contributed by atoms with Crippen LogP contribution in [0.4, 0.5) is 5.69 Å². The number of anilines is 1. The van der Waals surface area contributed by atoms with Crippen molar-refractivity contribution in [3.8, 4) is 0 Å². The van der Waals surface area contributed by atoms with Gasteiger partial charge in [0.2, 0.25) is 17.7 Å². The number of rotatable bonds is 8. The second kappa shape index (κ2) is 9.67. The molecule has 1 spiro atoms. The summed E-state index contributed by atoms with van der Waals surface area (Å²) in [5.41, 5.74) is 0.275. The van der Waals surface area contributed by atoms with Gasteiger partial charge in [0.15, 0.2) is 0 Å². The normalized spacial score (nSPS) is 31.5. The van der Waals surface area contributed by atoms with Gasteiger partial charge in [-0.05, 0) is 56.6 Å². The number of carbonyl (C=O) groups excluding carboxylic acids is 3. The number of benzene rings is 1. The number of aliphatic hydroxyl groups is 1. The Morgan fingerprint density at radius 2 is 1.81 bits per heavy atom. The lowest BCUT2D eigenvalue weighted by Crippen LogP contribution is -2.60. The van der Waals surface area contributed by atoms with Crippen molar-refractivity contribution < 1.29 is 19.5 Å². The van der Waals surface area contributed by atoms with Gasteiger partial charge < -0.3 is 20.6 Å². The molecule has 1 aromatic rings. The Hall–Kier alpha value is -2.06. The molecule has 36 heavy (non-hydrogen) atoms. The highest BCUT2D eigenvalue weighted by Gasteiger charge is 2.76. The molecule has 7 nitrogen and oxygen atoms in total. The second-order valence-corrected chi connectivity index (χ2v) is 14.2. The van der Waals surface area contributed by atoms with Crippen LogP contribution in [0.15, 0.2) is 30.3 Å². The van der Waals surface area contributed by atoms with E-state index in [1.165, 1.54) is 0 Å². The van der Waals surface area contributed by atoms with E-state index in [1.54, 1.807) is 16.7 Å². The minimum absolute atomic E-state index is 0.00413. The van der Waals surface area contributed by atoms with E-state index in [9.17, 15) is 19.5 Å². The zero-order chi connectivity index (χ0) is 26.5. The van der Waals surface area contributed by atoms with Gasteiger partial charge in [-0.3, -0.25) is 14.4 Å². The largest absolute Gasteiger partial charge is 0.396 e. The molecule has 0 radical (unpaired) electrons. The predicted octanol–water partition coefficient (Wildman–Crippen LogP) is 3.68. The van der Waals surface area contributed by atoms with Crippen molar-refractivity contribution in [2.24, 2.45) is 23.2 Å². The Labute approximate surface area is 219 Å². The van der Waals surface area contributed by atoms with Gasteiger partial charge >= 0.3 is 0 Å². The molecule has 198 valence electrons.